The van der Waals surface area contributed by atoms with Crippen LogP contribution >= 0.6 is 11.6 Å². The van der Waals surface area contributed by atoms with Gasteiger partial charge < -0.3 is 9.88 Å². The topological polar surface area (TPSA) is 46.9 Å². The van der Waals surface area contributed by atoms with Crippen molar-refractivity contribution >= 4 is 17.5 Å². The number of halogens is 2. The molecule has 1 aromatic heterocycles. The highest BCUT2D eigenvalue weighted by Gasteiger charge is 2.23. The summed E-state index contributed by atoms with van der Waals surface area (Å²) in [4.78, 5) is 16.8. The highest BCUT2D eigenvalue weighted by molar-refractivity contribution is 6.30. The molecule has 1 heterocycles. The molecule has 0 saturated heterocycles. The van der Waals surface area contributed by atoms with Crippen LogP contribution in [0.25, 0.3) is 0 Å². The molecular weight excluding hydrogens is 329 g/mol. The summed E-state index contributed by atoms with van der Waals surface area (Å²) in [6.07, 6.45) is 3.36. The van der Waals surface area contributed by atoms with Crippen LogP contribution in [0.4, 0.5) is 4.39 Å². The van der Waals surface area contributed by atoms with Gasteiger partial charge in [0.1, 0.15) is 17.7 Å². The number of imidazole rings is 1. The molecule has 6 heteroatoms. The molecule has 24 heavy (non-hydrogen) atoms. The summed E-state index contributed by atoms with van der Waals surface area (Å²) in [5.74, 6) is -0.188. The molecule has 0 spiro atoms. The number of amides is 1. The number of nitrogens with zero attached hydrogens (tertiary/aromatic N) is 2. The monoisotopic (exact) mass is 343 g/mol. The van der Waals surface area contributed by atoms with E-state index in [1.807, 2.05) is 0 Å². The number of nitrogens with one attached hydrogen (secondary N) is 1. The predicted octanol–water partition coefficient (Wildman–Crippen LogP) is 3.73. The summed E-state index contributed by atoms with van der Waals surface area (Å²) >= 11 is 5.85. The molecular formula is C18H15ClFN3O. The van der Waals surface area contributed by atoms with Gasteiger partial charge in [0, 0.05) is 35.6 Å². The lowest BCUT2D eigenvalue weighted by molar-refractivity contribution is 0.0940. The summed E-state index contributed by atoms with van der Waals surface area (Å²) in [6.45, 7) is 0. The van der Waals surface area contributed by atoms with Crippen molar-refractivity contribution in [2.24, 2.45) is 7.05 Å². The SMILES string of the molecule is Cn1ccnc1C(NC(=O)c1ccc(Cl)cc1)c1ccccc1F. The third-order valence-electron chi connectivity index (χ3n) is 3.71. The lowest BCUT2D eigenvalue weighted by Crippen LogP contribution is -2.31. The van der Waals surface area contributed by atoms with Gasteiger partial charge in [0.15, 0.2) is 0 Å². The Morgan fingerprint density at radius 1 is 1.21 bits per heavy atom. The number of rotatable bonds is 4. The van der Waals surface area contributed by atoms with Crippen molar-refractivity contribution in [2.75, 3.05) is 0 Å². The normalized spacial score (nSPS) is 12.0. The first kappa shape index (κ1) is 16.2. The average Bonchev–Trinajstić information content (AvgIpc) is 3.00. The van der Waals surface area contributed by atoms with Crippen LogP contribution in [-0.2, 0) is 7.05 Å². The van der Waals surface area contributed by atoms with Gasteiger partial charge in [-0.15, -0.1) is 0 Å². The fourth-order valence-corrected chi connectivity index (χ4v) is 2.59. The van der Waals surface area contributed by atoms with E-state index in [1.54, 1.807) is 66.5 Å². The molecule has 3 aromatic rings. The molecule has 3 rings (SSSR count). The Balaban J connectivity index is 1.97. The summed E-state index contributed by atoms with van der Waals surface area (Å²) in [6, 6.07) is 12.1. The molecule has 0 aliphatic heterocycles. The van der Waals surface area contributed by atoms with Gasteiger partial charge in [-0.05, 0) is 30.3 Å². The third kappa shape index (κ3) is 3.31. The highest BCUT2D eigenvalue weighted by Crippen LogP contribution is 2.23. The Kier molecular flexibility index (Phi) is 4.62. The van der Waals surface area contributed by atoms with Crippen molar-refractivity contribution in [3.8, 4) is 0 Å². The summed E-state index contributed by atoms with van der Waals surface area (Å²) < 4.78 is 16.0. The molecule has 2 aromatic carbocycles. The van der Waals surface area contributed by atoms with Crippen molar-refractivity contribution < 1.29 is 9.18 Å². The van der Waals surface area contributed by atoms with E-state index in [2.05, 4.69) is 10.3 Å². The first-order chi connectivity index (χ1) is 11.6. The quantitative estimate of drug-likeness (QED) is 0.784. The molecule has 0 radical (unpaired) electrons. The maximum absolute atomic E-state index is 14.3. The van der Waals surface area contributed by atoms with Crippen molar-refractivity contribution in [3.63, 3.8) is 0 Å². The molecule has 0 aliphatic rings. The van der Waals surface area contributed by atoms with Crippen LogP contribution in [0.3, 0.4) is 0 Å². The third-order valence-corrected chi connectivity index (χ3v) is 3.97. The summed E-state index contributed by atoms with van der Waals surface area (Å²) in [5, 5.41) is 3.39. The minimum atomic E-state index is -0.700. The number of benzene rings is 2. The zero-order chi connectivity index (χ0) is 17.1. The van der Waals surface area contributed by atoms with Crippen LogP contribution in [0.15, 0.2) is 60.9 Å². The second-order valence-corrected chi connectivity index (χ2v) is 5.77. The van der Waals surface area contributed by atoms with Gasteiger partial charge in [0.2, 0.25) is 0 Å². The Morgan fingerprint density at radius 2 is 1.92 bits per heavy atom. The van der Waals surface area contributed by atoms with Gasteiger partial charge in [-0.25, -0.2) is 9.37 Å². The second-order valence-electron chi connectivity index (χ2n) is 5.33. The minimum Gasteiger partial charge on any atom is -0.338 e. The van der Waals surface area contributed by atoms with Gasteiger partial charge in [0.05, 0.1) is 0 Å². The zero-order valence-corrected chi connectivity index (χ0v) is 13.7. The van der Waals surface area contributed by atoms with Crippen molar-refractivity contribution in [1.82, 2.24) is 14.9 Å². The molecule has 4 nitrogen and oxygen atoms in total. The standard InChI is InChI=1S/C18H15ClFN3O/c1-23-11-10-21-17(23)16(14-4-2-3-5-15(14)20)22-18(24)12-6-8-13(19)9-7-12/h2-11,16H,1H3,(H,22,24). The van der Waals surface area contributed by atoms with Crippen molar-refractivity contribution in [2.45, 2.75) is 6.04 Å². The average molecular weight is 344 g/mol. The fourth-order valence-electron chi connectivity index (χ4n) is 2.46. The second kappa shape index (κ2) is 6.84. The fraction of sp³-hybridized carbons (Fsp3) is 0.111. The van der Waals surface area contributed by atoms with Gasteiger partial charge in [-0.3, -0.25) is 4.79 Å². The van der Waals surface area contributed by atoms with E-state index in [9.17, 15) is 9.18 Å². The largest absolute Gasteiger partial charge is 0.338 e. The predicted molar refractivity (Wildman–Crippen MR) is 90.4 cm³/mol. The van der Waals surface area contributed by atoms with Crippen LogP contribution in [0.1, 0.15) is 27.8 Å². The molecule has 1 unspecified atom stereocenters. The maximum Gasteiger partial charge on any atom is 0.252 e. The van der Waals surface area contributed by atoms with Crippen LogP contribution < -0.4 is 5.32 Å². The Labute approximate surface area is 143 Å². The van der Waals surface area contributed by atoms with E-state index in [4.69, 9.17) is 11.6 Å². The molecule has 1 atom stereocenters. The highest BCUT2D eigenvalue weighted by atomic mass is 35.5. The van der Waals surface area contributed by atoms with Crippen LogP contribution in [-0.4, -0.2) is 15.5 Å². The molecule has 0 saturated carbocycles. The summed E-state index contributed by atoms with van der Waals surface area (Å²) in [5.41, 5.74) is 0.795. The van der Waals surface area contributed by atoms with Crippen molar-refractivity contribution in [1.29, 1.82) is 0 Å². The van der Waals surface area contributed by atoms with E-state index < -0.39 is 11.9 Å². The van der Waals surface area contributed by atoms with Gasteiger partial charge in [0.25, 0.3) is 5.91 Å². The molecule has 0 aliphatic carbocycles. The zero-order valence-electron chi connectivity index (χ0n) is 12.9. The Morgan fingerprint density at radius 3 is 2.54 bits per heavy atom. The lowest BCUT2D eigenvalue weighted by atomic mass is 10.0. The number of carbonyl (C=O) groups is 1. The first-order valence-electron chi connectivity index (χ1n) is 7.34. The molecule has 122 valence electrons. The van der Waals surface area contributed by atoms with Gasteiger partial charge >= 0.3 is 0 Å². The van der Waals surface area contributed by atoms with E-state index in [0.29, 0.717) is 22.0 Å². The van der Waals surface area contributed by atoms with Crippen LogP contribution in [0.2, 0.25) is 5.02 Å². The summed E-state index contributed by atoms with van der Waals surface area (Å²) in [7, 11) is 1.80. The minimum absolute atomic E-state index is 0.331. The number of aromatic nitrogens is 2. The number of hydrogen-bond donors (Lipinski definition) is 1. The van der Waals surface area contributed by atoms with Gasteiger partial charge in [-0.1, -0.05) is 29.8 Å². The smallest absolute Gasteiger partial charge is 0.252 e. The molecule has 1 amide bonds. The van der Waals surface area contributed by atoms with Crippen LogP contribution in [0, 0.1) is 5.82 Å². The van der Waals surface area contributed by atoms with Crippen LogP contribution in [0.5, 0.6) is 0 Å². The molecule has 0 bridgehead atoms. The first-order valence-corrected chi connectivity index (χ1v) is 7.72. The lowest BCUT2D eigenvalue weighted by Gasteiger charge is -2.19. The number of hydrogen-bond acceptors (Lipinski definition) is 2. The molecule has 0 fully saturated rings. The van der Waals surface area contributed by atoms with E-state index in [1.165, 1.54) is 6.07 Å². The van der Waals surface area contributed by atoms with E-state index >= 15 is 0 Å². The van der Waals surface area contributed by atoms with Gasteiger partial charge in [-0.2, -0.15) is 0 Å². The van der Waals surface area contributed by atoms with E-state index in [-0.39, 0.29) is 5.91 Å². The Hall–Kier alpha value is -2.66. The van der Waals surface area contributed by atoms with Crippen molar-refractivity contribution in [3.05, 3.63) is 88.7 Å². The number of carbonyl (C=O) groups excluding carboxylic acids is 1. The molecule has 1 N–H and O–H groups in total. The van der Waals surface area contributed by atoms with E-state index in [0.717, 1.165) is 0 Å². The Bertz CT molecular complexity index is 861. The number of aryl methyl sites for hydroxylation is 1. The maximum atomic E-state index is 14.3.